The fraction of sp³-hybridized carbons (Fsp3) is 0.400. The number of rotatable bonds is 2. The molecule has 2 N–H and O–H groups in total. The summed E-state index contributed by atoms with van der Waals surface area (Å²) in [5.74, 6) is 3.64. The van der Waals surface area contributed by atoms with Crippen molar-refractivity contribution in [3.8, 4) is 11.2 Å². The monoisotopic (exact) mass is 346 g/mol. The highest BCUT2D eigenvalue weighted by molar-refractivity contribution is 14.2. The Bertz CT molecular complexity index is 392. The predicted octanol–water partition coefficient (Wildman–Crippen LogP) is 1.64. The Balaban J connectivity index is 1.95. The van der Waals surface area contributed by atoms with Crippen molar-refractivity contribution in [2.24, 2.45) is 0 Å². The molecule has 0 amide bonds. The van der Waals surface area contributed by atoms with E-state index in [1.165, 1.54) is 8.93 Å². The van der Waals surface area contributed by atoms with Gasteiger partial charge in [0.25, 0.3) is 0 Å². The highest BCUT2D eigenvalue weighted by atomic mass is 127. The van der Waals surface area contributed by atoms with Gasteiger partial charge in [-0.05, 0) is 27.2 Å². The summed E-state index contributed by atoms with van der Waals surface area (Å²) in [6.45, 7) is 2.05. The Kier molecular flexibility index (Phi) is 4.69. The molecule has 1 aliphatic heterocycles. The standard InChI is InChI=1S/C10H11IN4S/c11-16-4-2-8-5-13-10(14-6-8)15-9-1-3-12-7-9/h5-6,9,12H,1,3,7H2,(H,13,14,15)/t9-/m1/s1. The minimum atomic E-state index is 0.446. The number of hydrogen-bond donors (Lipinski definition) is 2. The first kappa shape index (κ1) is 12.0. The largest absolute Gasteiger partial charge is 0.350 e. The second kappa shape index (κ2) is 6.27. The lowest BCUT2D eigenvalue weighted by Gasteiger charge is -2.10. The normalized spacial score (nSPS) is 18.9. The van der Waals surface area contributed by atoms with Crippen molar-refractivity contribution in [2.45, 2.75) is 12.5 Å². The topological polar surface area (TPSA) is 49.8 Å². The quantitative estimate of drug-likeness (QED) is 0.630. The fourth-order valence-corrected chi connectivity index (χ4v) is 1.99. The van der Waals surface area contributed by atoms with Crippen LogP contribution in [0, 0.1) is 11.2 Å². The van der Waals surface area contributed by atoms with Crippen molar-refractivity contribution < 1.29 is 0 Å². The van der Waals surface area contributed by atoms with Gasteiger partial charge in [0.15, 0.2) is 0 Å². The van der Waals surface area contributed by atoms with E-state index in [1.807, 2.05) is 0 Å². The second-order valence-corrected chi connectivity index (χ2v) is 5.11. The second-order valence-electron chi connectivity index (χ2n) is 3.43. The molecular weight excluding hydrogens is 335 g/mol. The van der Waals surface area contributed by atoms with Crippen molar-refractivity contribution >= 4 is 36.1 Å². The van der Waals surface area contributed by atoms with Crippen LogP contribution in [0.25, 0.3) is 0 Å². The van der Waals surface area contributed by atoms with Crippen molar-refractivity contribution in [3.05, 3.63) is 18.0 Å². The molecule has 0 spiro atoms. The molecule has 84 valence electrons. The van der Waals surface area contributed by atoms with Gasteiger partial charge in [-0.15, -0.1) is 0 Å². The van der Waals surface area contributed by atoms with E-state index in [1.54, 1.807) is 12.4 Å². The molecule has 1 aromatic rings. The van der Waals surface area contributed by atoms with Crippen LogP contribution in [0.3, 0.4) is 0 Å². The van der Waals surface area contributed by atoms with Gasteiger partial charge in [-0.1, -0.05) is 5.92 Å². The third-order valence-corrected chi connectivity index (χ3v) is 3.12. The maximum absolute atomic E-state index is 4.23. The molecule has 1 fully saturated rings. The predicted molar refractivity (Wildman–Crippen MR) is 75.4 cm³/mol. The van der Waals surface area contributed by atoms with Crippen LogP contribution in [0.4, 0.5) is 5.95 Å². The van der Waals surface area contributed by atoms with Crippen LogP contribution >= 0.6 is 30.1 Å². The van der Waals surface area contributed by atoms with Crippen LogP contribution in [0.2, 0.25) is 0 Å². The highest BCUT2D eigenvalue weighted by Gasteiger charge is 2.14. The molecule has 0 saturated carbocycles. The van der Waals surface area contributed by atoms with Crippen molar-refractivity contribution in [2.75, 3.05) is 18.4 Å². The molecule has 6 heteroatoms. The summed E-state index contributed by atoms with van der Waals surface area (Å²) < 4.78 is 0. The van der Waals surface area contributed by atoms with Crippen molar-refractivity contribution in [1.29, 1.82) is 0 Å². The summed E-state index contributed by atoms with van der Waals surface area (Å²) in [5.41, 5.74) is 0.847. The maximum atomic E-state index is 4.23. The van der Waals surface area contributed by atoms with Crippen LogP contribution < -0.4 is 10.6 Å². The molecule has 0 bridgehead atoms. The van der Waals surface area contributed by atoms with E-state index < -0.39 is 0 Å². The molecule has 1 aliphatic rings. The number of halogens is 1. The molecule has 0 unspecified atom stereocenters. The van der Waals surface area contributed by atoms with Crippen molar-refractivity contribution in [1.82, 2.24) is 15.3 Å². The molecule has 2 heterocycles. The Labute approximate surface area is 111 Å². The molecule has 1 saturated heterocycles. The fourth-order valence-electron chi connectivity index (χ4n) is 1.51. The number of anilines is 1. The van der Waals surface area contributed by atoms with Crippen LogP contribution in [-0.4, -0.2) is 29.1 Å². The van der Waals surface area contributed by atoms with E-state index in [0.29, 0.717) is 12.0 Å². The van der Waals surface area contributed by atoms with Gasteiger partial charge in [-0.2, -0.15) is 0 Å². The molecule has 2 rings (SSSR count). The summed E-state index contributed by atoms with van der Waals surface area (Å²) in [7, 11) is 1.46. The van der Waals surface area contributed by atoms with E-state index in [-0.39, 0.29) is 0 Å². The third kappa shape index (κ3) is 3.50. The van der Waals surface area contributed by atoms with Gasteiger partial charge < -0.3 is 10.6 Å². The van der Waals surface area contributed by atoms with Crippen LogP contribution in [0.15, 0.2) is 12.4 Å². The Hall–Kier alpha value is -0.520. The lowest BCUT2D eigenvalue weighted by Crippen LogP contribution is -2.23. The Morgan fingerprint density at radius 3 is 2.94 bits per heavy atom. The third-order valence-electron chi connectivity index (χ3n) is 2.28. The number of aromatic nitrogens is 2. The van der Waals surface area contributed by atoms with Crippen LogP contribution in [0.5, 0.6) is 0 Å². The SMILES string of the molecule is ISC#Cc1cnc(N[C@@H]2CCNC2)nc1. The first-order valence-corrected chi connectivity index (χ1v) is 8.32. The van der Waals surface area contributed by atoms with E-state index >= 15 is 0 Å². The zero-order chi connectivity index (χ0) is 11.2. The summed E-state index contributed by atoms with van der Waals surface area (Å²) in [4.78, 5) is 8.46. The van der Waals surface area contributed by atoms with Gasteiger partial charge in [-0.3, -0.25) is 0 Å². The van der Waals surface area contributed by atoms with Crippen LogP contribution in [0.1, 0.15) is 12.0 Å². The summed E-state index contributed by atoms with van der Waals surface area (Å²) in [5, 5.41) is 9.47. The van der Waals surface area contributed by atoms with Gasteiger partial charge in [0.2, 0.25) is 5.95 Å². The molecular formula is C10H11IN4S. The van der Waals surface area contributed by atoms with Gasteiger partial charge >= 0.3 is 0 Å². The van der Waals surface area contributed by atoms with Gasteiger partial charge in [0.1, 0.15) is 0 Å². The van der Waals surface area contributed by atoms with Gasteiger partial charge in [0.05, 0.1) is 5.56 Å². The number of nitrogens with one attached hydrogen (secondary N) is 2. The molecule has 0 aliphatic carbocycles. The lowest BCUT2D eigenvalue weighted by atomic mass is 10.3. The number of nitrogens with zero attached hydrogens (tertiary/aromatic N) is 2. The smallest absolute Gasteiger partial charge is 0.222 e. The molecule has 0 radical (unpaired) electrons. The zero-order valence-corrected chi connectivity index (χ0v) is 11.5. The summed E-state index contributed by atoms with van der Waals surface area (Å²) >= 11 is 2.14. The lowest BCUT2D eigenvalue weighted by molar-refractivity contribution is 0.780. The van der Waals surface area contributed by atoms with Gasteiger partial charge in [0, 0.05) is 46.2 Å². The maximum Gasteiger partial charge on any atom is 0.222 e. The van der Waals surface area contributed by atoms with E-state index in [2.05, 4.69) is 53.0 Å². The summed E-state index contributed by atoms with van der Waals surface area (Å²) in [6.07, 6.45) is 4.62. The molecule has 1 aromatic heterocycles. The zero-order valence-electron chi connectivity index (χ0n) is 8.53. The average Bonchev–Trinajstić information content (AvgIpc) is 2.81. The number of hydrogen-bond acceptors (Lipinski definition) is 5. The first-order chi connectivity index (χ1) is 7.88. The van der Waals surface area contributed by atoms with E-state index in [4.69, 9.17) is 0 Å². The van der Waals surface area contributed by atoms with Gasteiger partial charge in [-0.25, -0.2) is 9.97 Å². The van der Waals surface area contributed by atoms with E-state index in [9.17, 15) is 0 Å². The molecule has 4 nitrogen and oxygen atoms in total. The minimum Gasteiger partial charge on any atom is -0.350 e. The summed E-state index contributed by atoms with van der Waals surface area (Å²) in [6, 6.07) is 0.446. The highest BCUT2D eigenvalue weighted by Crippen LogP contribution is 2.09. The Morgan fingerprint density at radius 1 is 1.50 bits per heavy atom. The Morgan fingerprint density at radius 2 is 2.31 bits per heavy atom. The van der Waals surface area contributed by atoms with Crippen LogP contribution in [-0.2, 0) is 0 Å². The molecule has 1 atom stereocenters. The van der Waals surface area contributed by atoms with E-state index in [0.717, 1.165) is 25.1 Å². The molecule has 16 heavy (non-hydrogen) atoms. The average molecular weight is 346 g/mol. The molecule has 0 aromatic carbocycles. The minimum absolute atomic E-state index is 0.446. The first-order valence-electron chi connectivity index (χ1n) is 4.96. The van der Waals surface area contributed by atoms with Crippen molar-refractivity contribution in [3.63, 3.8) is 0 Å².